The van der Waals surface area contributed by atoms with Crippen LogP contribution < -0.4 is 4.74 Å². The largest absolute Gasteiger partial charge is 0.494 e. The Bertz CT molecular complexity index is 1100. The molecule has 1 aromatic heterocycles. The van der Waals surface area contributed by atoms with Crippen LogP contribution in [-0.4, -0.2) is 16.4 Å². The summed E-state index contributed by atoms with van der Waals surface area (Å²) < 4.78 is 7.53. The molecule has 0 N–H and O–H groups in total. The molecule has 0 aliphatic carbocycles. The quantitative estimate of drug-likeness (QED) is 0.283. The Balaban J connectivity index is 1.88. The van der Waals surface area contributed by atoms with Gasteiger partial charge in [0.25, 0.3) is 0 Å². The van der Waals surface area contributed by atoms with Gasteiger partial charge < -0.3 is 4.74 Å². The van der Waals surface area contributed by atoms with Gasteiger partial charge in [-0.05, 0) is 61.0 Å². The maximum absolute atomic E-state index is 9.18. The normalized spacial score (nSPS) is 10.2. The van der Waals surface area contributed by atoms with Crippen molar-refractivity contribution < 1.29 is 4.74 Å². The van der Waals surface area contributed by atoms with E-state index in [1.807, 2.05) is 48.5 Å². The van der Waals surface area contributed by atoms with Gasteiger partial charge >= 0.3 is 0 Å². The summed E-state index contributed by atoms with van der Waals surface area (Å²) in [5.74, 6) is 0.809. The second-order valence-electron chi connectivity index (χ2n) is 7.07. The molecule has 3 rings (SSSR count). The van der Waals surface area contributed by atoms with Crippen LogP contribution >= 0.6 is 11.6 Å². The average Bonchev–Trinajstić information content (AvgIpc) is 3.22. The van der Waals surface area contributed by atoms with Crippen LogP contribution in [0.2, 0.25) is 5.02 Å². The van der Waals surface area contributed by atoms with Crippen molar-refractivity contribution in [2.24, 2.45) is 0 Å². The SMILES string of the molecule is CCCCCCOc1ccc(-c2nn(-c3ccc(Cl)cc3)cc2C=C(C#N)C#N)cc1. The number of hydrogen-bond donors (Lipinski definition) is 0. The van der Waals surface area contributed by atoms with E-state index in [2.05, 4.69) is 6.92 Å². The lowest BCUT2D eigenvalue weighted by Crippen LogP contribution is -1.97. The Labute approximate surface area is 187 Å². The predicted octanol–water partition coefficient (Wildman–Crippen LogP) is 6.58. The number of benzene rings is 2. The van der Waals surface area contributed by atoms with E-state index in [4.69, 9.17) is 21.4 Å². The second-order valence-corrected chi connectivity index (χ2v) is 7.51. The molecule has 3 aromatic rings. The molecule has 0 unspecified atom stereocenters. The van der Waals surface area contributed by atoms with Crippen LogP contribution in [0.3, 0.4) is 0 Å². The molecule has 0 aliphatic rings. The van der Waals surface area contributed by atoms with Gasteiger partial charge in [-0.3, -0.25) is 0 Å². The first kappa shape index (κ1) is 22.2. The van der Waals surface area contributed by atoms with Crippen molar-refractivity contribution in [2.45, 2.75) is 32.6 Å². The molecule has 0 atom stereocenters. The van der Waals surface area contributed by atoms with Crippen molar-refractivity contribution >= 4 is 17.7 Å². The summed E-state index contributed by atoms with van der Waals surface area (Å²) in [6.07, 6.45) is 7.99. The number of unbranched alkanes of at least 4 members (excludes halogenated alkanes) is 3. The monoisotopic (exact) mass is 430 g/mol. The van der Waals surface area contributed by atoms with E-state index in [-0.39, 0.29) is 5.57 Å². The van der Waals surface area contributed by atoms with E-state index in [0.29, 0.717) is 22.9 Å². The number of halogens is 1. The van der Waals surface area contributed by atoms with Gasteiger partial charge in [0.1, 0.15) is 29.2 Å². The van der Waals surface area contributed by atoms with E-state index < -0.39 is 0 Å². The number of nitriles is 2. The molecule has 0 saturated heterocycles. The smallest absolute Gasteiger partial charge is 0.130 e. The van der Waals surface area contributed by atoms with Crippen molar-refractivity contribution in [1.29, 1.82) is 10.5 Å². The van der Waals surface area contributed by atoms with Gasteiger partial charge in [0.05, 0.1) is 12.3 Å². The Hall–Kier alpha value is -3.54. The predicted molar refractivity (Wildman–Crippen MR) is 123 cm³/mol. The molecule has 1 heterocycles. The molecule has 0 saturated carbocycles. The molecule has 156 valence electrons. The van der Waals surface area contributed by atoms with Crippen molar-refractivity contribution in [3.63, 3.8) is 0 Å². The summed E-state index contributed by atoms with van der Waals surface area (Å²) in [6.45, 7) is 2.89. The first-order chi connectivity index (χ1) is 15.1. The molecule has 5 nitrogen and oxygen atoms in total. The van der Waals surface area contributed by atoms with Gasteiger partial charge in [0.2, 0.25) is 0 Å². The van der Waals surface area contributed by atoms with E-state index in [1.54, 1.807) is 29.1 Å². The van der Waals surface area contributed by atoms with Crippen molar-refractivity contribution in [1.82, 2.24) is 9.78 Å². The lowest BCUT2D eigenvalue weighted by atomic mass is 10.1. The van der Waals surface area contributed by atoms with Crippen LogP contribution in [0.15, 0.2) is 60.3 Å². The Kier molecular flexibility index (Phi) is 7.87. The fourth-order valence-electron chi connectivity index (χ4n) is 3.12. The topological polar surface area (TPSA) is 74.6 Å². The molecule has 0 amide bonds. The lowest BCUT2D eigenvalue weighted by molar-refractivity contribution is 0.305. The third-order valence-electron chi connectivity index (χ3n) is 4.77. The fraction of sp³-hybridized carbons (Fsp3) is 0.240. The van der Waals surface area contributed by atoms with Crippen molar-refractivity contribution in [3.05, 3.63) is 70.9 Å². The number of hydrogen-bond acceptors (Lipinski definition) is 4. The molecule has 0 radical (unpaired) electrons. The minimum atomic E-state index is 0.0175. The number of rotatable bonds is 9. The summed E-state index contributed by atoms with van der Waals surface area (Å²) >= 11 is 5.99. The second kappa shape index (κ2) is 11.0. The zero-order chi connectivity index (χ0) is 22.1. The molecular formula is C25H23ClN4O. The summed E-state index contributed by atoms with van der Waals surface area (Å²) in [5, 5.41) is 23.7. The number of aromatic nitrogens is 2. The van der Waals surface area contributed by atoms with Crippen molar-refractivity contribution in [3.8, 4) is 34.8 Å². The highest BCUT2D eigenvalue weighted by Crippen LogP contribution is 2.28. The number of nitrogens with zero attached hydrogens (tertiary/aromatic N) is 4. The van der Waals surface area contributed by atoms with Gasteiger partial charge in [-0.2, -0.15) is 15.6 Å². The Morgan fingerprint density at radius 2 is 1.74 bits per heavy atom. The van der Waals surface area contributed by atoms with Gasteiger partial charge in [-0.25, -0.2) is 4.68 Å². The summed E-state index contributed by atoms with van der Waals surface area (Å²) in [5.41, 5.74) is 3.07. The Morgan fingerprint density at radius 1 is 1.03 bits per heavy atom. The molecule has 0 spiro atoms. The molecule has 0 bridgehead atoms. The summed E-state index contributed by atoms with van der Waals surface area (Å²) in [4.78, 5) is 0. The fourth-order valence-corrected chi connectivity index (χ4v) is 3.24. The van der Waals surface area contributed by atoms with Crippen molar-refractivity contribution in [2.75, 3.05) is 6.61 Å². The first-order valence-electron chi connectivity index (χ1n) is 10.3. The van der Waals surface area contributed by atoms with Crippen LogP contribution in [0.4, 0.5) is 0 Å². The standard InChI is InChI=1S/C25H23ClN4O/c1-2-3-4-5-14-31-24-12-6-20(7-13-24)25-21(15-19(16-27)17-28)18-30(29-25)23-10-8-22(26)9-11-23/h6-13,15,18H,2-5,14H2,1H3. The van der Waals surface area contributed by atoms with Crippen LogP contribution in [-0.2, 0) is 0 Å². The zero-order valence-corrected chi connectivity index (χ0v) is 18.1. The highest BCUT2D eigenvalue weighted by molar-refractivity contribution is 6.30. The van der Waals surface area contributed by atoms with Crippen LogP contribution in [0.5, 0.6) is 5.75 Å². The molecule has 2 aromatic carbocycles. The molecule has 0 fully saturated rings. The zero-order valence-electron chi connectivity index (χ0n) is 17.4. The van der Waals surface area contributed by atoms with Crippen LogP contribution in [0.1, 0.15) is 38.2 Å². The summed E-state index contributed by atoms with van der Waals surface area (Å²) in [6, 6.07) is 18.8. The molecule has 31 heavy (non-hydrogen) atoms. The molecule has 0 aliphatic heterocycles. The van der Waals surface area contributed by atoms with E-state index in [9.17, 15) is 10.5 Å². The highest BCUT2D eigenvalue weighted by Gasteiger charge is 2.12. The first-order valence-corrected chi connectivity index (χ1v) is 10.6. The maximum atomic E-state index is 9.18. The van der Waals surface area contributed by atoms with E-state index >= 15 is 0 Å². The number of allylic oxidation sites excluding steroid dienone is 1. The highest BCUT2D eigenvalue weighted by atomic mass is 35.5. The minimum Gasteiger partial charge on any atom is -0.494 e. The lowest BCUT2D eigenvalue weighted by Gasteiger charge is -2.07. The van der Waals surface area contributed by atoms with Gasteiger partial charge in [-0.1, -0.05) is 37.8 Å². The minimum absolute atomic E-state index is 0.0175. The van der Waals surface area contributed by atoms with Crippen LogP contribution in [0, 0.1) is 22.7 Å². The average molecular weight is 431 g/mol. The maximum Gasteiger partial charge on any atom is 0.130 e. The number of ether oxygens (including phenoxy) is 1. The third kappa shape index (κ3) is 5.98. The van der Waals surface area contributed by atoms with Gasteiger partial charge in [0.15, 0.2) is 0 Å². The van der Waals surface area contributed by atoms with Gasteiger partial charge in [0, 0.05) is 22.3 Å². The summed E-state index contributed by atoms with van der Waals surface area (Å²) in [7, 11) is 0. The van der Waals surface area contributed by atoms with E-state index in [1.165, 1.54) is 19.3 Å². The third-order valence-corrected chi connectivity index (χ3v) is 5.02. The van der Waals surface area contributed by atoms with E-state index in [0.717, 1.165) is 23.4 Å². The molecule has 6 heteroatoms. The Morgan fingerprint density at radius 3 is 2.39 bits per heavy atom. The van der Waals surface area contributed by atoms with Crippen LogP contribution in [0.25, 0.3) is 23.0 Å². The molecular weight excluding hydrogens is 408 g/mol. The van der Waals surface area contributed by atoms with Gasteiger partial charge in [-0.15, -0.1) is 0 Å².